The van der Waals surface area contributed by atoms with Crippen molar-refractivity contribution in [1.82, 2.24) is 9.97 Å². The summed E-state index contributed by atoms with van der Waals surface area (Å²) in [4.78, 5) is 18.4. The maximum absolute atomic E-state index is 12.6. The number of carbonyl (C=O) groups is 1. The summed E-state index contributed by atoms with van der Waals surface area (Å²) >= 11 is 3.30. The lowest BCUT2D eigenvalue weighted by Gasteiger charge is -2.06. The monoisotopic (exact) mass is 410 g/mol. The van der Waals surface area contributed by atoms with Crippen LogP contribution in [-0.2, 0) is 6.18 Å². The Morgan fingerprint density at radius 2 is 1.56 bits per heavy atom. The second-order valence-electron chi connectivity index (χ2n) is 5.20. The molecule has 1 heterocycles. The summed E-state index contributed by atoms with van der Waals surface area (Å²) in [6.45, 7) is 0. The molecule has 0 spiro atoms. The predicted molar refractivity (Wildman–Crippen MR) is 89.1 cm³/mol. The largest absolute Gasteiger partial charge is 0.476 e. The minimum atomic E-state index is -4.43. The average Bonchev–Trinajstić information content (AvgIpc) is 3.00. The van der Waals surface area contributed by atoms with Crippen LogP contribution in [0.3, 0.4) is 0 Å². The van der Waals surface area contributed by atoms with Gasteiger partial charge < -0.3 is 10.1 Å². The summed E-state index contributed by atoms with van der Waals surface area (Å²) < 4.78 is 38.8. The zero-order chi connectivity index (χ0) is 18.2. The summed E-state index contributed by atoms with van der Waals surface area (Å²) in [5.41, 5.74) is 0.270. The first kappa shape index (κ1) is 17.2. The van der Waals surface area contributed by atoms with Crippen LogP contribution >= 0.6 is 15.9 Å². The maximum Gasteiger partial charge on any atom is 0.416 e. The van der Waals surface area contributed by atoms with Gasteiger partial charge in [0.05, 0.1) is 11.3 Å². The van der Waals surface area contributed by atoms with Crippen LogP contribution in [0.25, 0.3) is 22.6 Å². The lowest BCUT2D eigenvalue weighted by atomic mass is 10.1. The second-order valence-corrected chi connectivity index (χ2v) is 6.11. The quantitative estimate of drug-likeness (QED) is 0.621. The third-order valence-corrected chi connectivity index (χ3v) is 4.05. The van der Waals surface area contributed by atoms with Crippen molar-refractivity contribution >= 4 is 21.9 Å². The van der Waals surface area contributed by atoms with Crippen molar-refractivity contribution in [2.75, 3.05) is 0 Å². The number of rotatable bonds is 3. The van der Waals surface area contributed by atoms with Crippen LogP contribution in [0.1, 0.15) is 16.1 Å². The molecule has 3 rings (SSSR count). The molecule has 0 saturated carbocycles. The Bertz CT molecular complexity index is 917. The number of hydrogen-bond acceptors (Lipinski definition) is 2. The lowest BCUT2D eigenvalue weighted by molar-refractivity contribution is -0.137. The Kier molecular flexibility index (Phi) is 4.38. The molecule has 2 aromatic carbocycles. The highest BCUT2D eigenvalue weighted by molar-refractivity contribution is 9.10. The van der Waals surface area contributed by atoms with Crippen LogP contribution in [0.5, 0.6) is 0 Å². The van der Waals surface area contributed by atoms with Crippen molar-refractivity contribution in [1.29, 1.82) is 0 Å². The van der Waals surface area contributed by atoms with Crippen LogP contribution < -0.4 is 0 Å². The summed E-state index contributed by atoms with van der Waals surface area (Å²) in [6, 6.07) is 11.3. The molecule has 0 aliphatic rings. The SMILES string of the molecule is O=C(O)c1nc(-c2ccc(C(F)(F)F)cc2)[nH]c1-c1ccc(Br)cc1. The zero-order valence-electron chi connectivity index (χ0n) is 12.4. The fourth-order valence-electron chi connectivity index (χ4n) is 2.31. The van der Waals surface area contributed by atoms with E-state index < -0.39 is 17.7 Å². The van der Waals surface area contributed by atoms with Crippen LogP contribution in [0.4, 0.5) is 13.2 Å². The van der Waals surface area contributed by atoms with Crippen LogP contribution in [0, 0.1) is 0 Å². The number of aromatic amines is 1. The van der Waals surface area contributed by atoms with Gasteiger partial charge in [0.1, 0.15) is 5.82 Å². The van der Waals surface area contributed by atoms with E-state index in [1.54, 1.807) is 24.3 Å². The van der Waals surface area contributed by atoms with E-state index in [2.05, 4.69) is 25.9 Å². The van der Waals surface area contributed by atoms with E-state index in [-0.39, 0.29) is 17.2 Å². The number of carboxylic acids is 1. The molecule has 0 aliphatic carbocycles. The molecular formula is C17H10BrF3N2O2. The minimum Gasteiger partial charge on any atom is -0.476 e. The lowest BCUT2D eigenvalue weighted by Crippen LogP contribution is -2.04. The van der Waals surface area contributed by atoms with E-state index in [0.29, 0.717) is 11.1 Å². The molecule has 1 aromatic heterocycles. The van der Waals surface area contributed by atoms with Gasteiger partial charge in [0.25, 0.3) is 0 Å². The fourth-order valence-corrected chi connectivity index (χ4v) is 2.57. The molecule has 0 atom stereocenters. The van der Waals surface area contributed by atoms with Gasteiger partial charge >= 0.3 is 12.1 Å². The van der Waals surface area contributed by atoms with Crippen molar-refractivity contribution in [3.05, 3.63) is 64.3 Å². The van der Waals surface area contributed by atoms with Crippen LogP contribution in [0.2, 0.25) is 0 Å². The fraction of sp³-hybridized carbons (Fsp3) is 0.0588. The number of nitrogens with zero attached hydrogens (tertiary/aromatic N) is 1. The Balaban J connectivity index is 2.05. The minimum absolute atomic E-state index is 0.184. The highest BCUT2D eigenvalue weighted by atomic mass is 79.9. The number of hydrogen-bond donors (Lipinski definition) is 2. The number of halogens is 4. The Morgan fingerprint density at radius 1 is 1.00 bits per heavy atom. The molecule has 0 aliphatic heterocycles. The van der Waals surface area contributed by atoms with Crippen molar-refractivity contribution < 1.29 is 23.1 Å². The zero-order valence-corrected chi connectivity index (χ0v) is 14.0. The molecule has 0 radical (unpaired) electrons. The average molecular weight is 411 g/mol. The van der Waals surface area contributed by atoms with Gasteiger partial charge in [-0.1, -0.05) is 40.2 Å². The van der Waals surface area contributed by atoms with E-state index in [1.165, 1.54) is 12.1 Å². The number of imidazole rings is 1. The second kappa shape index (κ2) is 6.36. The Hall–Kier alpha value is -2.61. The number of nitrogens with one attached hydrogen (secondary N) is 1. The Morgan fingerprint density at radius 3 is 2.08 bits per heavy atom. The molecule has 128 valence electrons. The first-order valence-electron chi connectivity index (χ1n) is 7.02. The van der Waals surface area contributed by atoms with E-state index >= 15 is 0 Å². The Labute approximate surface area is 148 Å². The first-order chi connectivity index (χ1) is 11.8. The number of aromatic nitrogens is 2. The van der Waals surface area contributed by atoms with Crippen molar-refractivity contribution in [2.24, 2.45) is 0 Å². The topological polar surface area (TPSA) is 66.0 Å². The molecule has 0 bridgehead atoms. The molecule has 25 heavy (non-hydrogen) atoms. The van der Waals surface area contributed by atoms with Crippen LogP contribution in [-0.4, -0.2) is 21.0 Å². The molecular weight excluding hydrogens is 401 g/mol. The van der Waals surface area contributed by atoms with Gasteiger partial charge in [-0.2, -0.15) is 13.2 Å². The van der Waals surface area contributed by atoms with Gasteiger partial charge in [0, 0.05) is 15.6 Å². The molecule has 2 N–H and O–H groups in total. The molecule has 0 unspecified atom stereocenters. The van der Waals surface area contributed by atoms with E-state index in [9.17, 15) is 23.1 Å². The van der Waals surface area contributed by atoms with E-state index in [0.717, 1.165) is 16.6 Å². The smallest absolute Gasteiger partial charge is 0.416 e. The number of alkyl halides is 3. The van der Waals surface area contributed by atoms with E-state index in [4.69, 9.17) is 0 Å². The normalized spacial score (nSPS) is 11.5. The van der Waals surface area contributed by atoms with E-state index in [1.807, 2.05) is 0 Å². The van der Waals surface area contributed by atoms with Crippen molar-refractivity contribution in [2.45, 2.75) is 6.18 Å². The third-order valence-electron chi connectivity index (χ3n) is 3.52. The van der Waals surface area contributed by atoms with Gasteiger partial charge in [-0.15, -0.1) is 0 Å². The molecule has 0 fully saturated rings. The summed E-state index contributed by atoms with van der Waals surface area (Å²) in [7, 11) is 0. The van der Waals surface area contributed by atoms with Crippen LogP contribution in [0.15, 0.2) is 53.0 Å². The van der Waals surface area contributed by atoms with Gasteiger partial charge in [0.15, 0.2) is 5.69 Å². The number of carboxylic acid groups (broad SMARTS) is 1. The van der Waals surface area contributed by atoms with Gasteiger partial charge in [-0.05, 0) is 24.3 Å². The van der Waals surface area contributed by atoms with Crippen molar-refractivity contribution in [3.8, 4) is 22.6 Å². The van der Waals surface area contributed by atoms with Gasteiger partial charge in [0.2, 0.25) is 0 Å². The summed E-state index contributed by atoms with van der Waals surface area (Å²) in [6.07, 6.45) is -4.43. The molecule has 3 aromatic rings. The first-order valence-corrected chi connectivity index (χ1v) is 7.82. The summed E-state index contributed by atoms with van der Waals surface area (Å²) in [5.74, 6) is -1.05. The van der Waals surface area contributed by atoms with Gasteiger partial charge in [-0.25, -0.2) is 9.78 Å². The van der Waals surface area contributed by atoms with Crippen molar-refractivity contribution in [3.63, 3.8) is 0 Å². The highest BCUT2D eigenvalue weighted by Crippen LogP contribution is 2.32. The van der Waals surface area contributed by atoms with Gasteiger partial charge in [-0.3, -0.25) is 0 Å². The molecule has 0 saturated heterocycles. The summed E-state index contributed by atoms with van der Waals surface area (Å²) in [5, 5.41) is 9.35. The number of H-pyrrole nitrogens is 1. The predicted octanol–water partition coefficient (Wildman–Crippen LogP) is 5.22. The molecule has 0 amide bonds. The molecule has 8 heteroatoms. The third kappa shape index (κ3) is 3.58. The highest BCUT2D eigenvalue weighted by Gasteiger charge is 2.30. The number of aromatic carboxylic acids is 1. The number of benzene rings is 2. The standard InChI is InChI=1S/C17H10BrF3N2O2/c18-12-7-3-9(4-8-12)13-14(16(24)25)23-15(22-13)10-1-5-11(6-2-10)17(19,20)21/h1-8H,(H,22,23)(H,24,25). The maximum atomic E-state index is 12.6. The molecule has 4 nitrogen and oxygen atoms in total.